The average molecular weight is 152 g/mol. The van der Waals surface area contributed by atoms with Crippen LogP contribution in [0.15, 0.2) is 37.0 Å². The van der Waals surface area contributed by atoms with E-state index in [9.17, 15) is 5.11 Å². The summed E-state index contributed by atoms with van der Waals surface area (Å²) in [6.07, 6.45) is 5.90. The molecule has 0 bridgehead atoms. The van der Waals surface area contributed by atoms with Crippen LogP contribution in [0.3, 0.4) is 0 Å². The summed E-state index contributed by atoms with van der Waals surface area (Å²) in [6, 6.07) is 0. The smallest absolute Gasteiger partial charge is 0.0831 e. The van der Waals surface area contributed by atoms with Crippen molar-refractivity contribution >= 4 is 0 Å². The number of allylic oxidation sites excluding steroid dienone is 2. The van der Waals surface area contributed by atoms with Crippen LogP contribution < -0.4 is 0 Å². The third-order valence-corrected chi connectivity index (χ3v) is 1.37. The Balaban J connectivity index is 3.87. The predicted octanol–water partition coefficient (Wildman–Crippen LogP) is 2.45. The van der Waals surface area contributed by atoms with Crippen molar-refractivity contribution in [1.29, 1.82) is 0 Å². The van der Waals surface area contributed by atoms with Gasteiger partial charge in [0, 0.05) is 0 Å². The average Bonchev–Trinajstić information content (AvgIpc) is 1.87. The van der Waals surface area contributed by atoms with Crippen LogP contribution >= 0.6 is 0 Å². The Morgan fingerprint density at radius 1 is 1.64 bits per heavy atom. The molecule has 1 nitrogen and oxygen atoms in total. The third kappa shape index (κ3) is 5.62. The van der Waals surface area contributed by atoms with E-state index in [2.05, 4.69) is 13.2 Å². The van der Waals surface area contributed by atoms with Gasteiger partial charge in [-0.3, -0.25) is 0 Å². The number of hydrogen-bond acceptors (Lipinski definition) is 1. The minimum absolute atomic E-state index is 0.587. The molecule has 1 atom stereocenters. The Hall–Kier alpha value is -0.820. The van der Waals surface area contributed by atoms with Gasteiger partial charge in [-0.25, -0.2) is 0 Å². The summed E-state index contributed by atoms with van der Waals surface area (Å²) in [5.41, 5.74) is 0.205. The highest BCUT2D eigenvalue weighted by molar-refractivity contribution is 5.12. The molecule has 0 radical (unpaired) electrons. The molecule has 0 aromatic carbocycles. The van der Waals surface area contributed by atoms with Crippen LogP contribution in [-0.4, -0.2) is 10.7 Å². The van der Waals surface area contributed by atoms with Gasteiger partial charge >= 0.3 is 0 Å². The van der Waals surface area contributed by atoms with Crippen molar-refractivity contribution in [3.05, 3.63) is 37.0 Å². The van der Waals surface area contributed by atoms with Crippen molar-refractivity contribution in [2.24, 2.45) is 0 Å². The first-order valence-electron chi connectivity index (χ1n) is 3.66. The van der Waals surface area contributed by atoms with Crippen molar-refractivity contribution in [2.75, 3.05) is 0 Å². The van der Waals surface area contributed by atoms with Crippen LogP contribution in [0.5, 0.6) is 0 Å². The van der Waals surface area contributed by atoms with Crippen molar-refractivity contribution < 1.29 is 5.11 Å². The number of aliphatic hydroxyl groups is 1. The first-order valence-corrected chi connectivity index (χ1v) is 3.66. The van der Waals surface area contributed by atoms with Gasteiger partial charge in [-0.1, -0.05) is 30.4 Å². The Bertz CT molecular complexity index is 175. The van der Waals surface area contributed by atoms with E-state index >= 15 is 0 Å². The van der Waals surface area contributed by atoms with E-state index < -0.39 is 5.60 Å². The lowest BCUT2D eigenvalue weighted by Crippen LogP contribution is -2.18. The fourth-order valence-electron chi connectivity index (χ4n) is 0.582. The molecule has 1 heteroatoms. The lowest BCUT2D eigenvalue weighted by molar-refractivity contribution is 0.115. The third-order valence-electron chi connectivity index (χ3n) is 1.37. The zero-order valence-corrected chi connectivity index (χ0v) is 7.30. The van der Waals surface area contributed by atoms with E-state index in [0.717, 1.165) is 5.57 Å². The molecule has 0 aliphatic rings. The second-order valence-electron chi connectivity index (χ2n) is 3.01. The van der Waals surface area contributed by atoms with Crippen LogP contribution in [0.1, 0.15) is 20.3 Å². The predicted molar refractivity (Wildman–Crippen MR) is 49.4 cm³/mol. The maximum atomic E-state index is 9.44. The first-order chi connectivity index (χ1) is 4.98. The Morgan fingerprint density at radius 3 is 2.55 bits per heavy atom. The van der Waals surface area contributed by atoms with Gasteiger partial charge in [-0.2, -0.15) is 0 Å². The van der Waals surface area contributed by atoms with Gasteiger partial charge in [0.1, 0.15) is 0 Å². The van der Waals surface area contributed by atoms with E-state index in [1.54, 1.807) is 6.92 Å². The van der Waals surface area contributed by atoms with Crippen molar-refractivity contribution in [3.63, 3.8) is 0 Å². The van der Waals surface area contributed by atoms with Crippen molar-refractivity contribution in [1.82, 2.24) is 0 Å². The zero-order chi connectivity index (χ0) is 8.91. The van der Waals surface area contributed by atoms with Crippen molar-refractivity contribution in [3.8, 4) is 0 Å². The maximum absolute atomic E-state index is 9.44. The summed E-state index contributed by atoms with van der Waals surface area (Å²) in [5.74, 6) is 0. The summed E-state index contributed by atoms with van der Waals surface area (Å²) < 4.78 is 0. The van der Waals surface area contributed by atoms with E-state index in [4.69, 9.17) is 0 Å². The van der Waals surface area contributed by atoms with Crippen LogP contribution in [0.4, 0.5) is 0 Å². The standard InChI is InChI=1S/C10H16O/c1-5-10(4,11)8-6-7-9(2)3/h5-7,11H,1-2,8H2,3-4H3/b7-6-. The van der Waals surface area contributed by atoms with Gasteiger partial charge in [0.15, 0.2) is 0 Å². The fraction of sp³-hybridized carbons (Fsp3) is 0.400. The molecule has 62 valence electrons. The summed E-state index contributed by atoms with van der Waals surface area (Å²) in [4.78, 5) is 0. The highest BCUT2D eigenvalue weighted by Gasteiger charge is 2.11. The second-order valence-corrected chi connectivity index (χ2v) is 3.01. The lowest BCUT2D eigenvalue weighted by Gasteiger charge is -2.14. The van der Waals surface area contributed by atoms with Gasteiger partial charge in [-0.05, 0) is 20.3 Å². The molecule has 11 heavy (non-hydrogen) atoms. The molecule has 0 saturated carbocycles. The zero-order valence-electron chi connectivity index (χ0n) is 7.30. The van der Waals surface area contributed by atoms with Crippen LogP contribution in [0.25, 0.3) is 0 Å². The molecular weight excluding hydrogens is 136 g/mol. The van der Waals surface area contributed by atoms with Gasteiger partial charge < -0.3 is 5.11 Å². The van der Waals surface area contributed by atoms with Crippen LogP contribution in [0.2, 0.25) is 0 Å². The molecule has 0 rings (SSSR count). The molecular formula is C10H16O. The Morgan fingerprint density at radius 2 is 2.18 bits per heavy atom. The molecule has 0 saturated heterocycles. The monoisotopic (exact) mass is 152 g/mol. The summed E-state index contributed by atoms with van der Waals surface area (Å²) in [5, 5.41) is 9.44. The molecule has 0 aromatic rings. The van der Waals surface area contributed by atoms with Gasteiger partial charge in [0.2, 0.25) is 0 Å². The van der Waals surface area contributed by atoms with Crippen LogP contribution in [0, 0.1) is 0 Å². The fourth-order valence-corrected chi connectivity index (χ4v) is 0.582. The second kappa shape index (κ2) is 4.14. The normalized spacial score (nSPS) is 16.3. The highest BCUT2D eigenvalue weighted by atomic mass is 16.3. The molecule has 0 aliphatic heterocycles. The first kappa shape index (κ1) is 10.2. The summed E-state index contributed by atoms with van der Waals surface area (Å²) in [6.45, 7) is 10.9. The molecule has 0 aliphatic carbocycles. The Labute approximate surface area is 68.7 Å². The minimum atomic E-state index is -0.786. The van der Waals surface area contributed by atoms with Gasteiger partial charge in [-0.15, -0.1) is 6.58 Å². The minimum Gasteiger partial charge on any atom is -0.386 e. The molecule has 1 unspecified atom stereocenters. The molecule has 1 N–H and O–H groups in total. The quantitative estimate of drug-likeness (QED) is 0.484. The summed E-state index contributed by atoms with van der Waals surface area (Å²) >= 11 is 0. The highest BCUT2D eigenvalue weighted by Crippen LogP contribution is 2.10. The summed E-state index contributed by atoms with van der Waals surface area (Å²) in [7, 11) is 0. The topological polar surface area (TPSA) is 20.2 Å². The van der Waals surface area contributed by atoms with Gasteiger partial charge in [0.05, 0.1) is 5.60 Å². The Kier molecular flexibility index (Phi) is 3.83. The van der Waals surface area contributed by atoms with E-state index in [1.807, 2.05) is 19.1 Å². The van der Waals surface area contributed by atoms with Gasteiger partial charge in [0.25, 0.3) is 0 Å². The molecule has 0 aromatic heterocycles. The lowest BCUT2D eigenvalue weighted by atomic mass is 10.0. The number of rotatable bonds is 4. The van der Waals surface area contributed by atoms with E-state index in [1.165, 1.54) is 6.08 Å². The van der Waals surface area contributed by atoms with E-state index in [-0.39, 0.29) is 0 Å². The molecule has 0 amide bonds. The molecule has 0 heterocycles. The SMILES string of the molecule is C=CC(C)(O)C/C=C\C(=C)C. The number of hydrogen-bond donors (Lipinski definition) is 1. The van der Waals surface area contributed by atoms with Crippen LogP contribution in [-0.2, 0) is 0 Å². The van der Waals surface area contributed by atoms with E-state index in [0.29, 0.717) is 6.42 Å². The maximum Gasteiger partial charge on any atom is 0.0831 e. The largest absolute Gasteiger partial charge is 0.386 e. The molecule has 0 spiro atoms. The van der Waals surface area contributed by atoms with Crippen molar-refractivity contribution in [2.45, 2.75) is 25.9 Å². The molecule has 0 fully saturated rings.